The SMILES string of the molecule is COc1ccc(-c2[nH]ncc2C(=O)N2CC3CC3C2)cc1. The monoisotopic (exact) mass is 283 g/mol. The zero-order valence-corrected chi connectivity index (χ0v) is 11.9. The quantitative estimate of drug-likeness (QED) is 0.939. The van der Waals surface area contributed by atoms with Gasteiger partial charge in [-0.15, -0.1) is 0 Å². The standard InChI is InChI=1S/C16H17N3O2/c1-21-13-4-2-10(3-5-13)15-14(7-17-18-15)16(20)19-8-11-6-12(11)9-19/h2-5,7,11-12H,6,8-9H2,1H3,(H,17,18). The van der Waals surface area contributed by atoms with Crippen molar-refractivity contribution in [2.75, 3.05) is 20.2 Å². The highest BCUT2D eigenvalue weighted by molar-refractivity contribution is 6.00. The Morgan fingerprint density at radius 3 is 2.67 bits per heavy atom. The Bertz CT molecular complexity index is 667. The molecule has 1 aromatic heterocycles. The fourth-order valence-electron chi connectivity index (χ4n) is 3.16. The van der Waals surface area contributed by atoms with E-state index in [0.717, 1.165) is 41.9 Å². The van der Waals surface area contributed by atoms with E-state index < -0.39 is 0 Å². The number of aromatic amines is 1. The molecule has 0 bridgehead atoms. The molecule has 1 saturated carbocycles. The third-order valence-corrected chi connectivity index (χ3v) is 4.51. The van der Waals surface area contributed by atoms with Gasteiger partial charge in [-0.1, -0.05) is 0 Å². The highest BCUT2D eigenvalue weighted by Crippen LogP contribution is 2.45. The van der Waals surface area contributed by atoms with E-state index in [4.69, 9.17) is 4.74 Å². The molecule has 0 radical (unpaired) electrons. The molecule has 1 amide bonds. The maximum absolute atomic E-state index is 12.6. The minimum Gasteiger partial charge on any atom is -0.497 e. The maximum Gasteiger partial charge on any atom is 0.257 e. The van der Waals surface area contributed by atoms with Gasteiger partial charge in [-0.3, -0.25) is 9.89 Å². The molecular weight excluding hydrogens is 266 g/mol. The Morgan fingerprint density at radius 2 is 2.00 bits per heavy atom. The van der Waals surface area contributed by atoms with Gasteiger partial charge in [-0.05, 0) is 42.5 Å². The Balaban J connectivity index is 1.61. The van der Waals surface area contributed by atoms with Crippen LogP contribution < -0.4 is 4.74 Å². The van der Waals surface area contributed by atoms with Crippen molar-refractivity contribution >= 4 is 5.91 Å². The fraction of sp³-hybridized carbons (Fsp3) is 0.375. The van der Waals surface area contributed by atoms with Crippen LogP contribution in [0.2, 0.25) is 0 Å². The van der Waals surface area contributed by atoms with E-state index in [-0.39, 0.29) is 5.91 Å². The Morgan fingerprint density at radius 1 is 1.29 bits per heavy atom. The molecule has 4 rings (SSSR count). The molecule has 21 heavy (non-hydrogen) atoms. The number of methoxy groups -OCH3 is 1. The molecule has 0 spiro atoms. The number of nitrogens with zero attached hydrogens (tertiary/aromatic N) is 2. The van der Waals surface area contributed by atoms with E-state index in [0.29, 0.717) is 5.56 Å². The molecule has 2 aliphatic rings. The smallest absolute Gasteiger partial charge is 0.257 e. The predicted molar refractivity (Wildman–Crippen MR) is 78.1 cm³/mol. The van der Waals surface area contributed by atoms with E-state index >= 15 is 0 Å². The summed E-state index contributed by atoms with van der Waals surface area (Å²) in [6, 6.07) is 7.64. The number of rotatable bonds is 3. The second-order valence-electron chi connectivity index (χ2n) is 5.85. The van der Waals surface area contributed by atoms with E-state index in [9.17, 15) is 4.79 Å². The number of benzene rings is 1. The van der Waals surface area contributed by atoms with Gasteiger partial charge in [0, 0.05) is 18.7 Å². The van der Waals surface area contributed by atoms with Crippen molar-refractivity contribution in [3.05, 3.63) is 36.0 Å². The Labute approximate surface area is 122 Å². The number of hydrogen-bond acceptors (Lipinski definition) is 3. The van der Waals surface area contributed by atoms with Crippen molar-refractivity contribution in [2.45, 2.75) is 6.42 Å². The number of piperidine rings is 1. The second-order valence-corrected chi connectivity index (χ2v) is 5.85. The molecule has 1 saturated heterocycles. The summed E-state index contributed by atoms with van der Waals surface area (Å²) in [6.45, 7) is 1.80. The van der Waals surface area contributed by atoms with E-state index in [2.05, 4.69) is 10.2 Å². The van der Waals surface area contributed by atoms with Crippen LogP contribution in [-0.2, 0) is 0 Å². The number of carbonyl (C=O) groups excluding carboxylic acids is 1. The zero-order chi connectivity index (χ0) is 14.4. The van der Waals surface area contributed by atoms with Gasteiger partial charge in [0.05, 0.1) is 24.6 Å². The predicted octanol–water partition coefficient (Wildman–Crippen LogP) is 2.18. The van der Waals surface area contributed by atoms with Gasteiger partial charge in [0.15, 0.2) is 0 Å². The number of likely N-dealkylation sites (tertiary alicyclic amines) is 1. The van der Waals surface area contributed by atoms with Crippen molar-refractivity contribution in [1.29, 1.82) is 0 Å². The highest BCUT2D eigenvalue weighted by atomic mass is 16.5. The number of H-pyrrole nitrogens is 1. The van der Waals surface area contributed by atoms with Gasteiger partial charge in [0.25, 0.3) is 5.91 Å². The molecule has 1 aliphatic heterocycles. The van der Waals surface area contributed by atoms with E-state index in [1.165, 1.54) is 6.42 Å². The van der Waals surface area contributed by atoms with Crippen LogP contribution in [0.3, 0.4) is 0 Å². The Hall–Kier alpha value is -2.30. The molecule has 1 aliphatic carbocycles. The van der Waals surface area contributed by atoms with Gasteiger partial charge >= 0.3 is 0 Å². The average molecular weight is 283 g/mol. The normalized spacial score (nSPS) is 23.0. The molecule has 5 heteroatoms. The molecule has 2 aromatic rings. The summed E-state index contributed by atoms with van der Waals surface area (Å²) in [5.41, 5.74) is 2.38. The molecule has 1 N–H and O–H groups in total. The van der Waals surface area contributed by atoms with Crippen LogP contribution in [0, 0.1) is 11.8 Å². The third-order valence-electron chi connectivity index (χ3n) is 4.51. The third kappa shape index (κ3) is 2.09. The van der Waals surface area contributed by atoms with Crippen molar-refractivity contribution < 1.29 is 9.53 Å². The molecule has 108 valence electrons. The molecule has 2 heterocycles. The fourth-order valence-corrected chi connectivity index (χ4v) is 3.16. The molecule has 2 atom stereocenters. The Kier molecular flexibility index (Phi) is 2.74. The van der Waals surface area contributed by atoms with Crippen LogP contribution in [0.25, 0.3) is 11.3 Å². The summed E-state index contributed by atoms with van der Waals surface area (Å²) in [7, 11) is 1.64. The molecule has 2 unspecified atom stereocenters. The molecule has 5 nitrogen and oxygen atoms in total. The largest absolute Gasteiger partial charge is 0.497 e. The van der Waals surface area contributed by atoms with Gasteiger partial charge < -0.3 is 9.64 Å². The summed E-state index contributed by atoms with van der Waals surface area (Å²) < 4.78 is 5.16. The summed E-state index contributed by atoms with van der Waals surface area (Å²) in [6.07, 6.45) is 2.92. The van der Waals surface area contributed by atoms with Crippen LogP contribution >= 0.6 is 0 Å². The van der Waals surface area contributed by atoms with Crippen molar-refractivity contribution in [3.63, 3.8) is 0 Å². The number of carbonyl (C=O) groups is 1. The minimum absolute atomic E-state index is 0.0850. The minimum atomic E-state index is 0.0850. The first-order chi connectivity index (χ1) is 10.3. The van der Waals surface area contributed by atoms with Gasteiger partial charge in [0.1, 0.15) is 5.75 Å². The van der Waals surface area contributed by atoms with Crippen molar-refractivity contribution in [1.82, 2.24) is 15.1 Å². The number of ether oxygens (including phenoxy) is 1. The average Bonchev–Trinajstić information content (AvgIpc) is 2.95. The first kappa shape index (κ1) is 12.4. The lowest BCUT2D eigenvalue weighted by Gasteiger charge is -2.17. The van der Waals surface area contributed by atoms with Crippen molar-refractivity contribution in [3.8, 4) is 17.0 Å². The summed E-state index contributed by atoms with van der Waals surface area (Å²) in [4.78, 5) is 14.6. The lowest BCUT2D eigenvalue weighted by Crippen LogP contribution is -2.30. The van der Waals surface area contributed by atoms with Crippen LogP contribution in [0.5, 0.6) is 5.75 Å². The van der Waals surface area contributed by atoms with Crippen molar-refractivity contribution in [2.24, 2.45) is 11.8 Å². The molecular formula is C16H17N3O2. The molecule has 1 aromatic carbocycles. The number of aromatic nitrogens is 2. The number of nitrogens with one attached hydrogen (secondary N) is 1. The number of fused-ring (bicyclic) bond motifs is 1. The maximum atomic E-state index is 12.6. The highest BCUT2D eigenvalue weighted by Gasteiger charge is 2.46. The van der Waals surface area contributed by atoms with Crippen LogP contribution in [-0.4, -0.2) is 41.2 Å². The lowest BCUT2D eigenvalue weighted by molar-refractivity contribution is 0.0776. The van der Waals surface area contributed by atoms with Gasteiger partial charge in [0.2, 0.25) is 0 Å². The lowest BCUT2D eigenvalue weighted by atomic mass is 10.1. The number of hydrogen-bond donors (Lipinski definition) is 1. The second kappa shape index (κ2) is 4.62. The molecule has 2 fully saturated rings. The van der Waals surface area contributed by atoms with E-state index in [1.807, 2.05) is 29.2 Å². The first-order valence-corrected chi connectivity index (χ1v) is 7.23. The van der Waals surface area contributed by atoms with Crippen LogP contribution in [0.1, 0.15) is 16.8 Å². The first-order valence-electron chi connectivity index (χ1n) is 7.23. The zero-order valence-electron chi connectivity index (χ0n) is 11.9. The van der Waals surface area contributed by atoms with E-state index in [1.54, 1.807) is 13.3 Å². The van der Waals surface area contributed by atoms with Gasteiger partial charge in [-0.2, -0.15) is 5.10 Å². The summed E-state index contributed by atoms with van der Waals surface area (Å²) >= 11 is 0. The topological polar surface area (TPSA) is 58.2 Å². The summed E-state index contributed by atoms with van der Waals surface area (Å²) in [5.74, 6) is 2.36. The summed E-state index contributed by atoms with van der Waals surface area (Å²) in [5, 5.41) is 7.01. The van der Waals surface area contributed by atoms with Crippen LogP contribution in [0.15, 0.2) is 30.5 Å². The number of amides is 1. The van der Waals surface area contributed by atoms with Gasteiger partial charge in [-0.25, -0.2) is 0 Å². The van der Waals surface area contributed by atoms with Crippen LogP contribution in [0.4, 0.5) is 0 Å².